The zero-order chi connectivity index (χ0) is 13.4. The van der Waals surface area contributed by atoms with Crippen molar-refractivity contribution in [1.29, 1.82) is 0 Å². The number of halogens is 1. The van der Waals surface area contributed by atoms with Gasteiger partial charge >= 0.3 is 7.60 Å². The van der Waals surface area contributed by atoms with Crippen molar-refractivity contribution >= 4 is 25.4 Å². The fourth-order valence-corrected chi connectivity index (χ4v) is 2.82. The second kappa shape index (κ2) is 7.70. The highest BCUT2D eigenvalue weighted by Gasteiger charge is 2.22. The summed E-state index contributed by atoms with van der Waals surface area (Å²) in [4.78, 5) is 4.09. The smallest absolute Gasteiger partial charge is 0.308 e. The van der Waals surface area contributed by atoms with Crippen molar-refractivity contribution in [2.24, 2.45) is 4.99 Å². The van der Waals surface area contributed by atoms with Crippen LogP contribution in [-0.2, 0) is 13.6 Å². The molecule has 100 valence electrons. The molecule has 1 aromatic rings. The monoisotopic (exact) mass is 289 g/mol. The van der Waals surface area contributed by atoms with E-state index in [4.69, 9.17) is 20.6 Å². The maximum Gasteiger partial charge on any atom is 0.351 e. The van der Waals surface area contributed by atoms with Crippen LogP contribution in [0.25, 0.3) is 0 Å². The van der Waals surface area contributed by atoms with Crippen LogP contribution >= 0.6 is 19.2 Å². The molecule has 0 aliphatic rings. The van der Waals surface area contributed by atoms with Gasteiger partial charge < -0.3 is 9.05 Å². The minimum Gasteiger partial charge on any atom is -0.308 e. The molecule has 0 spiro atoms. The van der Waals surface area contributed by atoms with E-state index in [9.17, 15) is 4.57 Å². The molecule has 0 radical (unpaired) electrons. The second-order valence-electron chi connectivity index (χ2n) is 3.42. The first kappa shape index (κ1) is 15.4. The molecule has 0 aliphatic carbocycles. The van der Waals surface area contributed by atoms with Crippen LogP contribution in [0.1, 0.15) is 19.4 Å². The van der Waals surface area contributed by atoms with Gasteiger partial charge in [0.15, 0.2) is 0 Å². The van der Waals surface area contributed by atoms with Gasteiger partial charge in [-0.25, -0.2) is 0 Å². The fraction of sp³-hybridized carbons (Fsp3) is 0.417. The Morgan fingerprint density at radius 1 is 1.28 bits per heavy atom. The molecule has 4 nitrogen and oxygen atoms in total. The Bertz CT molecular complexity index is 441. The van der Waals surface area contributed by atoms with Crippen molar-refractivity contribution < 1.29 is 13.6 Å². The number of nitrogens with zero attached hydrogens (tertiary/aromatic N) is 1. The average molecular weight is 290 g/mol. The number of aliphatic imine (C=N–C) groups is 1. The van der Waals surface area contributed by atoms with E-state index in [0.717, 1.165) is 5.56 Å². The molecule has 0 amide bonds. The van der Waals surface area contributed by atoms with Crippen molar-refractivity contribution in [2.75, 3.05) is 19.5 Å². The summed E-state index contributed by atoms with van der Waals surface area (Å²) < 4.78 is 22.3. The van der Waals surface area contributed by atoms with Crippen LogP contribution in [0, 0.1) is 0 Å². The summed E-state index contributed by atoms with van der Waals surface area (Å²) in [6, 6.07) is 7.30. The molecular formula is C12H17ClNO3P. The van der Waals surface area contributed by atoms with Gasteiger partial charge in [-0.2, -0.15) is 0 Å². The molecule has 1 aromatic carbocycles. The summed E-state index contributed by atoms with van der Waals surface area (Å²) >= 11 is 5.97. The molecule has 0 unspecified atom stereocenters. The van der Waals surface area contributed by atoms with E-state index in [0.29, 0.717) is 18.2 Å². The molecule has 18 heavy (non-hydrogen) atoms. The minimum absolute atomic E-state index is 0.0000961. The third kappa shape index (κ3) is 4.91. The molecule has 0 atom stereocenters. The van der Waals surface area contributed by atoms with Crippen LogP contribution in [0.5, 0.6) is 0 Å². The van der Waals surface area contributed by atoms with Gasteiger partial charge in [0, 0.05) is 16.8 Å². The highest BCUT2D eigenvalue weighted by Crippen LogP contribution is 2.47. The first-order valence-electron chi connectivity index (χ1n) is 5.73. The fourth-order valence-electron chi connectivity index (χ4n) is 1.33. The van der Waals surface area contributed by atoms with Gasteiger partial charge in [-0.15, -0.1) is 0 Å². The average Bonchev–Trinajstić information content (AvgIpc) is 2.32. The van der Waals surface area contributed by atoms with Gasteiger partial charge in [-0.3, -0.25) is 9.56 Å². The van der Waals surface area contributed by atoms with Gasteiger partial charge in [0.2, 0.25) is 0 Å². The highest BCUT2D eigenvalue weighted by atomic mass is 35.5. The Kier molecular flexibility index (Phi) is 6.58. The van der Waals surface area contributed by atoms with E-state index in [1.54, 1.807) is 26.1 Å². The second-order valence-corrected chi connectivity index (χ2v) is 5.85. The van der Waals surface area contributed by atoms with Crippen LogP contribution in [0.3, 0.4) is 0 Å². The SMILES string of the molecule is CCOP(=O)(C/N=C/c1ccccc1Cl)OCC. The van der Waals surface area contributed by atoms with Gasteiger partial charge in [0.1, 0.15) is 6.29 Å². The lowest BCUT2D eigenvalue weighted by Crippen LogP contribution is -1.99. The van der Waals surface area contributed by atoms with Crippen LogP contribution < -0.4 is 0 Å². The predicted octanol–water partition coefficient (Wildman–Crippen LogP) is 3.98. The zero-order valence-corrected chi connectivity index (χ0v) is 12.2. The van der Waals surface area contributed by atoms with Gasteiger partial charge in [-0.1, -0.05) is 29.8 Å². The van der Waals surface area contributed by atoms with Crippen molar-refractivity contribution in [1.82, 2.24) is 0 Å². The summed E-state index contributed by atoms with van der Waals surface area (Å²) in [7, 11) is -3.11. The maximum atomic E-state index is 12.1. The summed E-state index contributed by atoms with van der Waals surface area (Å²) in [6.45, 7) is 4.20. The molecule has 0 saturated heterocycles. The third-order valence-corrected chi connectivity index (χ3v) is 4.20. The van der Waals surface area contributed by atoms with E-state index in [-0.39, 0.29) is 6.29 Å². The molecule has 0 fully saturated rings. The first-order valence-corrected chi connectivity index (χ1v) is 7.84. The Hall–Kier alpha value is -0.670. The molecule has 0 heterocycles. The zero-order valence-electron chi connectivity index (χ0n) is 10.5. The Morgan fingerprint density at radius 3 is 2.44 bits per heavy atom. The summed E-state index contributed by atoms with van der Waals surface area (Å²) in [5, 5.41) is 0.601. The molecule has 0 N–H and O–H groups in total. The quantitative estimate of drug-likeness (QED) is 0.563. The standard InChI is InChI=1S/C12H17ClNO3P/c1-3-16-18(15,17-4-2)10-14-9-11-7-5-6-8-12(11)13/h5-9H,3-4,10H2,1-2H3/b14-9+. The number of hydrogen-bond acceptors (Lipinski definition) is 4. The Labute approximate surface area is 113 Å². The Balaban J connectivity index is 2.68. The van der Waals surface area contributed by atoms with E-state index >= 15 is 0 Å². The molecule has 6 heteroatoms. The van der Waals surface area contributed by atoms with Crippen molar-refractivity contribution in [2.45, 2.75) is 13.8 Å². The highest BCUT2D eigenvalue weighted by molar-refractivity contribution is 7.53. The van der Waals surface area contributed by atoms with E-state index in [1.807, 2.05) is 18.2 Å². The lowest BCUT2D eigenvalue weighted by atomic mass is 10.2. The van der Waals surface area contributed by atoms with E-state index in [2.05, 4.69) is 4.99 Å². The van der Waals surface area contributed by atoms with E-state index in [1.165, 1.54) is 0 Å². The summed E-state index contributed by atoms with van der Waals surface area (Å²) in [5.41, 5.74) is 0.777. The van der Waals surface area contributed by atoms with Crippen LogP contribution in [0.15, 0.2) is 29.3 Å². The van der Waals surface area contributed by atoms with Crippen LogP contribution in [-0.4, -0.2) is 25.7 Å². The van der Waals surface area contributed by atoms with Crippen molar-refractivity contribution in [3.63, 3.8) is 0 Å². The lowest BCUT2D eigenvalue weighted by molar-refractivity contribution is 0.221. The summed E-state index contributed by atoms with van der Waals surface area (Å²) in [5.74, 6) is 0. The predicted molar refractivity (Wildman–Crippen MR) is 74.8 cm³/mol. The number of hydrogen-bond donors (Lipinski definition) is 0. The third-order valence-electron chi connectivity index (χ3n) is 2.04. The van der Waals surface area contributed by atoms with E-state index < -0.39 is 7.60 Å². The largest absolute Gasteiger partial charge is 0.351 e. The number of rotatable bonds is 7. The molecule has 0 aromatic heterocycles. The topological polar surface area (TPSA) is 47.9 Å². The van der Waals surface area contributed by atoms with Gasteiger partial charge in [0.25, 0.3) is 0 Å². The Morgan fingerprint density at radius 2 is 1.89 bits per heavy atom. The minimum atomic E-state index is -3.11. The number of benzene rings is 1. The molecule has 0 aliphatic heterocycles. The maximum absolute atomic E-state index is 12.1. The van der Waals surface area contributed by atoms with Gasteiger partial charge in [0.05, 0.1) is 13.2 Å². The summed E-state index contributed by atoms with van der Waals surface area (Å²) in [6.07, 6.45) is 1.58. The van der Waals surface area contributed by atoms with Crippen molar-refractivity contribution in [3.8, 4) is 0 Å². The lowest BCUT2D eigenvalue weighted by Gasteiger charge is -2.14. The van der Waals surface area contributed by atoms with Crippen LogP contribution in [0.2, 0.25) is 5.02 Å². The molecule has 0 saturated carbocycles. The molecular weight excluding hydrogens is 273 g/mol. The van der Waals surface area contributed by atoms with Gasteiger partial charge in [-0.05, 0) is 19.9 Å². The molecule has 1 rings (SSSR count). The van der Waals surface area contributed by atoms with Crippen LogP contribution in [0.4, 0.5) is 0 Å². The molecule has 0 bridgehead atoms. The van der Waals surface area contributed by atoms with Crippen molar-refractivity contribution in [3.05, 3.63) is 34.9 Å². The first-order chi connectivity index (χ1) is 8.61. The normalized spacial score (nSPS) is 12.2.